The van der Waals surface area contributed by atoms with Gasteiger partial charge < -0.3 is 15.8 Å². The Morgan fingerprint density at radius 3 is 2.67 bits per heavy atom. The number of esters is 1. The molecule has 0 spiro atoms. The Bertz CT molecular complexity index is 1490. The number of thiophene rings is 2. The number of aromatic nitrogens is 2. The lowest BCUT2D eigenvalue weighted by atomic mass is 9.95. The molecule has 0 unspecified atom stereocenters. The molecule has 0 saturated heterocycles. The van der Waals surface area contributed by atoms with Crippen LogP contribution in [0.4, 0.5) is 5.00 Å². The second-order valence-corrected chi connectivity index (χ2v) is 11.2. The van der Waals surface area contributed by atoms with Crippen LogP contribution in [0, 0.1) is 6.92 Å². The summed E-state index contributed by atoms with van der Waals surface area (Å²) in [6, 6.07) is 9.24. The molecular weight excluding hydrogens is 520 g/mol. The molecule has 1 aliphatic rings. The van der Waals surface area contributed by atoms with Gasteiger partial charge in [0.05, 0.1) is 17.8 Å². The number of rotatable bonds is 7. The van der Waals surface area contributed by atoms with Crippen LogP contribution in [0.25, 0.3) is 10.2 Å². The van der Waals surface area contributed by atoms with Crippen molar-refractivity contribution in [2.24, 2.45) is 5.73 Å². The molecule has 36 heavy (non-hydrogen) atoms. The molecule has 0 radical (unpaired) electrons. The molecule has 1 aromatic carbocycles. The van der Waals surface area contributed by atoms with Crippen molar-refractivity contribution >= 4 is 67.3 Å². The third-order valence-corrected chi connectivity index (χ3v) is 8.65. The first kappa shape index (κ1) is 24.5. The lowest BCUT2D eigenvalue weighted by Gasteiger charge is -2.11. The molecule has 4 aromatic rings. The van der Waals surface area contributed by atoms with Gasteiger partial charge in [-0.1, -0.05) is 23.7 Å². The van der Waals surface area contributed by atoms with Gasteiger partial charge in [0.15, 0.2) is 6.61 Å². The summed E-state index contributed by atoms with van der Waals surface area (Å²) in [4.78, 5) is 39.6. The highest BCUT2D eigenvalue weighted by Gasteiger charge is 2.25. The zero-order valence-electron chi connectivity index (χ0n) is 19.4. The number of hydrogen-bond acceptors (Lipinski definition) is 7. The number of benzene rings is 1. The Hall–Kier alpha value is -3.21. The lowest BCUT2D eigenvalue weighted by Crippen LogP contribution is -2.22. The number of hydrogen-bond donors (Lipinski definition) is 2. The normalized spacial score (nSPS) is 12.9. The Balaban J connectivity index is 1.26. The molecular formula is C25H23ClN4O4S2. The summed E-state index contributed by atoms with van der Waals surface area (Å²) in [6.07, 6.45) is 3.67. The number of primary amides is 1. The number of nitrogens with zero attached hydrogens (tertiary/aromatic N) is 2. The van der Waals surface area contributed by atoms with Crippen LogP contribution in [0.2, 0.25) is 5.02 Å². The van der Waals surface area contributed by atoms with Crippen LogP contribution in [-0.4, -0.2) is 34.2 Å². The van der Waals surface area contributed by atoms with Gasteiger partial charge in [-0.3, -0.25) is 14.3 Å². The van der Waals surface area contributed by atoms with E-state index in [2.05, 4.69) is 10.4 Å². The Morgan fingerprint density at radius 2 is 1.92 bits per heavy atom. The minimum absolute atomic E-state index is 0.375. The van der Waals surface area contributed by atoms with E-state index < -0.39 is 24.4 Å². The van der Waals surface area contributed by atoms with Crippen LogP contribution in [-0.2, 0) is 28.9 Å². The zero-order valence-corrected chi connectivity index (χ0v) is 21.8. The maximum absolute atomic E-state index is 12.7. The van der Waals surface area contributed by atoms with E-state index in [1.54, 1.807) is 6.07 Å². The summed E-state index contributed by atoms with van der Waals surface area (Å²) in [5, 5.41) is 9.24. The maximum atomic E-state index is 12.7. The van der Waals surface area contributed by atoms with Crippen molar-refractivity contribution in [1.82, 2.24) is 9.78 Å². The summed E-state index contributed by atoms with van der Waals surface area (Å²) in [5.74, 6) is -1.67. The van der Waals surface area contributed by atoms with E-state index >= 15 is 0 Å². The molecule has 186 valence electrons. The van der Waals surface area contributed by atoms with Gasteiger partial charge in [0, 0.05) is 15.3 Å². The van der Waals surface area contributed by atoms with Crippen LogP contribution in [0.15, 0.2) is 30.3 Å². The fourth-order valence-corrected chi connectivity index (χ4v) is 6.85. The van der Waals surface area contributed by atoms with Crippen LogP contribution in [0.5, 0.6) is 0 Å². The Labute approximate surface area is 220 Å². The zero-order chi connectivity index (χ0) is 25.4. The van der Waals surface area contributed by atoms with Gasteiger partial charge in [-0.15, -0.1) is 22.7 Å². The summed E-state index contributed by atoms with van der Waals surface area (Å²) >= 11 is 8.61. The molecule has 3 N–H and O–H groups in total. The Kier molecular flexibility index (Phi) is 6.83. The van der Waals surface area contributed by atoms with Crippen molar-refractivity contribution in [2.45, 2.75) is 39.2 Å². The summed E-state index contributed by atoms with van der Waals surface area (Å²) in [7, 11) is 0. The van der Waals surface area contributed by atoms with Gasteiger partial charge in [0.1, 0.15) is 14.7 Å². The van der Waals surface area contributed by atoms with Crippen LogP contribution in [0.3, 0.4) is 0 Å². The van der Waals surface area contributed by atoms with Crippen molar-refractivity contribution in [3.63, 3.8) is 0 Å². The first-order valence-electron chi connectivity index (χ1n) is 11.4. The minimum atomic E-state index is -0.593. The van der Waals surface area contributed by atoms with Crippen molar-refractivity contribution in [2.75, 3.05) is 11.9 Å². The molecule has 3 heterocycles. The van der Waals surface area contributed by atoms with Crippen LogP contribution < -0.4 is 11.1 Å². The van der Waals surface area contributed by atoms with E-state index in [0.29, 0.717) is 27.0 Å². The fraction of sp³-hybridized carbons (Fsp3) is 0.280. The van der Waals surface area contributed by atoms with Crippen molar-refractivity contribution in [3.8, 4) is 0 Å². The minimum Gasteiger partial charge on any atom is -0.451 e. The molecule has 11 heteroatoms. The van der Waals surface area contributed by atoms with E-state index in [0.717, 1.165) is 57.6 Å². The summed E-state index contributed by atoms with van der Waals surface area (Å²) in [6.45, 7) is 1.95. The standard InChI is InChI=1S/C25H23ClN4O4S2/c1-13-17-10-19(36-24(17)30(29-13)11-14-6-8-15(26)9-7-14)25(33)34-12-20(31)28-23-21(22(27)32)16-4-2-3-5-18(16)35-23/h6-10H,2-5,11-12H2,1H3,(H2,27,32)(H,28,31). The summed E-state index contributed by atoms with van der Waals surface area (Å²) in [5.41, 5.74) is 8.72. The van der Waals surface area contributed by atoms with Gasteiger partial charge in [0.2, 0.25) is 0 Å². The quantitative estimate of drug-likeness (QED) is 0.321. The maximum Gasteiger partial charge on any atom is 0.348 e. The highest BCUT2D eigenvalue weighted by molar-refractivity contribution is 7.20. The monoisotopic (exact) mass is 542 g/mol. The molecule has 2 amide bonds. The molecule has 8 nitrogen and oxygen atoms in total. The second-order valence-electron chi connectivity index (χ2n) is 8.60. The third kappa shape index (κ3) is 4.88. The molecule has 1 aliphatic carbocycles. The predicted molar refractivity (Wildman–Crippen MR) is 141 cm³/mol. The molecule has 0 fully saturated rings. The van der Waals surface area contributed by atoms with Gasteiger partial charge in [0.25, 0.3) is 11.8 Å². The molecule has 0 saturated carbocycles. The highest BCUT2D eigenvalue weighted by Crippen LogP contribution is 2.38. The first-order chi connectivity index (χ1) is 17.3. The molecule has 0 bridgehead atoms. The number of ether oxygens (including phenoxy) is 1. The fourth-order valence-electron chi connectivity index (χ4n) is 4.36. The number of amides is 2. The molecule has 3 aromatic heterocycles. The largest absolute Gasteiger partial charge is 0.451 e. The number of aryl methyl sites for hydroxylation is 2. The van der Waals surface area contributed by atoms with E-state index in [4.69, 9.17) is 22.1 Å². The van der Waals surface area contributed by atoms with Crippen LogP contribution in [0.1, 0.15) is 54.6 Å². The number of halogens is 1. The number of nitrogens with one attached hydrogen (secondary N) is 1. The first-order valence-corrected chi connectivity index (χ1v) is 13.4. The number of carbonyl (C=O) groups is 3. The molecule has 5 rings (SSSR count). The molecule has 0 atom stereocenters. The average molecular weight is 543 g/mol. The van der Waals surface area contributed by atoms with E-state index in [9.17, 15) is 14.4 Å². The lowest BCUT2D eigenvalue weighted by molar-refractivity contribution is -0.119. The van der Waals surface area contributed by atoms with Crippen molar-refractivity contribution in [3.05, 3.63) is 67.5 Å². The van der Waals surface area contributed by atoms with E-state index in [1.165, 1.54) is 22.7 Å². The van der Waals surface area contributed by atoms with E-state index in [1.807, 2.05) is 35.9 Å². The SMILES string of the molecule is Cc1nn(Cc2ccc(Cl)cc2)c2sc(C(=O)OCC(=O)Nc3sc4c(c3C(N)=O)CCCC4)cc12. The number of fused-ring (bicyclic) bond motifs is 2. The van der Waals surface area contributed by atoms with Gasteiger partial charge >= 0.3 is 5.97 Å². The Morgan fingerprint density at radius 1 is 1.17 bits per heavy atom. The molecule has 0 aliphatic heterocycles. The second kappa shape index (κ2) is 10.0. The van der Waals surface area contributed by atoms with Gasteiger partial charge in [-0.2, -0.15) is 5.10 Å². The van der Waals surface area contributed by atoms with Crippen LogP contribution >= 0.6 is 34.3 Å². The van der Waals surface area contributed by atoms with Gasteiger partial charge in [-0.05, 0) is 61.9 Å². The number of anilines is 1. The number of nitrogens with two attached hydrogens (primary N) is 1. The highest BCUT2D eigenvalue weighted by atomic mass is 35.5. The van der Waals surface area contributed by atoms with Crippen molar-refractivity contribution < 1.29 is 19.1 Å². The predicted octanol–water partition coefficient (Wildman–Crippen LogP) is 4.94. The smallest absolute Gasteiger partial charge is 0.348 e. The van der Waals surface area contributed by atoms with Crippen molar-refractivity contribution in [1.29, 1.82) is 0 Å². The van der Waals surface area contributed by atoms with E-state index in [-0.39, 0.29) is 0 Å². The third-order valence-electron chi connectivity index (χ3n) is 6.06. The topological polar surface area (TPSA) is 116 Å². The average Bonchev–Trinajstić information content (AvgIpc) is 3.52. The summed E-state index contributed by atoms with van der Waals surface area (Å²) < 4.78 is 7.12. The van der Waals surface area contributed by atoms with Gasteiger partial charge in [-0.25, -0.2) is 4.79 Å². The number of carbonyl (C=O) groups excluding carboxylic acids is 3.